The fraction of sp³-hybridized carbons (Fsp3) is 0.765. The Balaban J connectivity index is 4.96. The van der Waals surface area contributed by atoms with Crippen molar-refractivity contribution < 1.29 is 39.6 Å². The van der Waals surface area contributed by atoms with Crippen LogP contribution in [0.15, 0.2) is 0 Å². The zero-order chi connectivity index (χ0) is 19.3. The van der Waals surface area contributed by atoms with Gasteiger partial charge in [-0.3, -0.25) is 19.2 Å². The van der Waals surface area contributed by atoms with Gasteiger partial charge < -0.3 is 20.4 Å². The molecule has 8 heteroatoms. The molecule has 0 aliphatic rings. The highest BCUT2D eigenvalue weighted by atomic mass is 16.4. The molecule has 8 nitrogen and oxygen atoms in total. The lowest BCUT2D eigenvalue weighted by atomic mass is 9.71. The van der Waals surface area contributed by atoms with Gasteiger partial charge in [0, 0.05) is 25.7 Å². The Morgan fingerprint density at radius 2 is 0.680 bits per heavy atom. The lowest BCUT2D eigenvalue weighted by Gasteiger charge is -2.34. The molecule has 0 radical (unpaired) electrons. The Bertz CT molecular complexity index is 372. The molecule has 0 saturated carbocycles. The van der Waals surface area contributed by atoms with Crippen LogP contribution in [-0.2, 0) is 19.2 Å². The van der Waals surface area contributed by atoms with E-state index in [9.17, 15) is 19.2 Å². The van der Waals surface area contributed by atoms with Crippen LogP contribution in [-0.4, -0.2) is 44.3 Å². The Hall–Kier alpha value is -2.12. The number of carboxylic acids is 4. The Labute approximate surface area is 146 Å². The second-order valence-corrected chi connectivity index (χ2v) is 6.49. The molecule has 144 valence electrons. The summed E-state index contributed by atoms with van der Waals surface area (Å²) in [5.74, 6) is -3.68. The first-order chi connectivity index (χ1) is 11.7. The van der Waals surface area contributed by atoms with Gasteiger partial charge in [-0.05, 0) is 56.8 Å². The topological polar surface area (TPSA) is 149 Å². The van der Waals surface area contributed by atoms with E-state index in [0.717, 1.165) is 0 Å². The van der Waals surface area contributed by atoms with E-state index in [2.05, 4.69) is 0 Å². The zero-order valence-electron chi connectivity index (χ0n) is 14.4. The molecule has 0 rings (SSSR count). The van der Waals surface area contributed by atoms with E-state index in [4.69, 9.17) is 20.4 Å². The maximum absolute atomic E-state index is 10.8. The molecular weight excluding hydrogens is 332 g/mol. The molecule has 0 atom stereocenters. The number of hydrogen-bond donors (Lipinski definition) is 4. The van der Waals surface area contributed by atoms with Crippen LogP contribution in [0, 0.1) is 5.41 Å². The van der Waals surface area contributed by atoms with E-state index in [1.165, 1.54) is 0 Å². The SMILES string of the molecule is O=C(O)CCCC(CCCC(=O)O)(CCCC(=O)O)CCCC(=O)O. The molecule has 0 aromatic rings. The van der Waals surface area contributed by atoms with Crippen LogP contribution in [0.5, 0.6) is 0 Å². The van der Waals surface area contributed by atoms with Crippen molar-refractivity contribution in [2.75, 3.05) is 0 Å². The van der Waals surface area contributed by atoms with Crippen molar-refractivity contribution in [3.05, 3.63) is 0 Å². The second-order valence-electron chi connectivity index (χ2n) is 6.49. The normalized spacial score (nSPS) is 11.2. The first-order valence-electron chi connectivity index (χ1n) is 8.54. The van der Waals surface area contributed by atoms with Crippen LogP contribution in [0.2, 0.25) is 0 Å². The van der Waals surface area contributed by atoms with Crippen molar-refractivity contribution in [2.24, 2.45) is 5.41 Å². The predicted octanol–water partition coefficient (Wildman–Crippen LogP) is 2.99. The Kier molecular flexibility index (Phi) is 11.2. The molecule has 0 fully saturated rings. The average molecular weight is 360 g/mol. The number of rotatable bonds is 16. The van der Waals surface area contributed by atoms with Gasteiger partial charge in [-0.15, -0.1) is 0 Å². The van der Waals surface area contributed by atoms with E-state index in [0.29, 0.717) is 51.4 Å². The summed E-state index contributed by atoms with van der Waals surface area (Å²) in [5.41, 5.74) is -0.407. The summed E-state index contributed by atoms with van der Waals surface area (Å²) in [6.07, 6.45) is 3.66. The molecule has 0 bridgehead atoms. The van der Waals surface area contributed by atoms with Gasteiger partial charge >= 0.3 is 23.9 Å². The average Bonchev–Trinajstić information content (AvgIpc) is 2.45. The highest BCUT2D eigenvalue weighted by molar-refractivity contribution is 5.67. The van der Waals surface area contributed by atoms with Crippen LogP contribution >= 0.6 is 0 Å². The van der Waals surface area contributed by atoms with Gasteiger partial charge in [-0.2, -0.15) is 0 Å². The van der Waals surface area contributed by atoms with E-state index in [-0.39, 0.29) is 25.7 Å². The molecule has 0 aliphatic carbocycles. The standard InChI is InChI=1S/C17H28O8/c18-13(19)5-1-9-17(10-2-6-14(20)21,11-3-7-15(22)23)12-4-8-16(24)25/h1-12H2,(H,18,19)(H,20,21)(H,22,23)(H,24,25). The minimum Gasteiger partial charge on any atom is -0.481 e. The van der Waals surface area contributed by atoms with Crippen molar-refractivity contribution >= 4 is 23.9 Å². The summed E-state index contributed by atoms with van der Waals surface area (Å²) in [4.78, 5) is 43.0. The first-order valence-corrected chi connectivity index (χ1v) is 8.54. The molecule has 0 spiro atoms. The second kappa shape index (κ2) is 12.3. The molecule has 0 saturated heterocycles. The number of carboxylic acid groups (broad SMARTS) is 4. The summed E-state index contributed by atoms with van der Waals surface area (Å²) in [6, 6.07) is 0. The third-order valence-corrected chi connectivity index (χ3v) is 4.39. The van der Waals surface area contributed by atoms with Gasteiger partial charge in [0.15, 0.2) is 0 Å². The fourth-order valence-corrected chi connectivity index (χ4v) is 3.21. The Morgan fingerprint density at radius 3 is 0.840 bits per heavy atom. The van der Waals surface area contributed by atoms with Crippen LogP contribution in [0.3, 0.4) is 0 Å². The monoisotopic (exact) mass is 360 g/mol. The summed E-state index contributed by atoms with van der Waals surface area (Å²) in [7, 11) is 0. The zero-order valence-corrected chi connectivity index (χ0v) is 14.4. The third-order valence-electron chi connectivity index (χ3n) is 4.39. The van der Waals surface area contributed by atoms with E-state index >= 15 is 0 Å². The van der Waals surface area contributed by atoms with Crippen LogP contribution in [0.1, 0.15) is 77.0 Å². The van der Waals surface area contributed by atoms with Crippen molar-refractivity contribution in [2.45, 2.75) is 77.0 Å². The smallest absolute Gasteiger partial charge is 0.303 e. The number of carbonyl (C=O) groups is 4. The Morgan fingerprint density at radius 1 is 0.480 bits per heavy atom. The quantitative estimate of drug-likeness (QED) is 0.328. The fourth-order valence-electron chi connectivity index (χ4n) is 3.21. The lowest BCUT2D eigenvalue weighted by Crippen LogP contribution is -2.23. The molecule has 0 aliphatic heterocycles. The maximum atomic E-state index is 10.8. The lowest BCUT2D eigenvalue weighted by molar-refractivity contribution is -0.138. The molecular formula is C17H28O8. The maximum Gasteiger partial charge on any atom is 0.303 e. The third kappa shape index (κ3) is 12.9. The molecule has 4 N–H and O–H groups in total. The molecule has 25 heavy (non-hydrogen) atoms. The molecule has 0 unspecified atom stereocenters. The first kappa shape index (κ1) is 22.9. The van der Waals surface area contributed by atoms with Crippen molar-refractivity contribution in [3.63, 3.8) is 0 Å². The molecule has 0 amide bonds. The van der Waals surface area contributed by atoms with Gasteiger partial charge in [0.25, 0.3) is 0 Å². The minimum absolute atomic E-state index is 0.0153. The highest BCUT2D eigenvalue weighted by Crippen LogP contribution is 2.41. The molecule has 0 aromatic heterocycles. The van der Waals surface area contributed by atoms with Gasteiger partial charge in [-0.1, -0.05) is 0 Å². The summed E-state index contributed by atoms with van der Waals surface area (Å²) in [5, 5.41) is 35.3. The predicted molar refractivity (Wildman–Crippen MR) is 88.4 cm³/mol. The molecule has 0 heterocycles. The van der Waals surface area contributed by atoms with E-state index < -0.39 is 29.3 Å². The number of hydrogen-bond acceptors (Lipinski definition) is 4. The van der Waals surface area contributed by atoms with Gasteiger partial charge in [0.2, 0.25) is 0 Å². The van der Waals surface area contributed by atoms with E-state index in [1.54, 1.807) is 0 Å². The van der Waals surface area contributed by atoms with Crippen LogP contribution < -0.4 is 0 Å². The summed E-state index contributed by atoms with van der Waals surface area (Å²) >= 11 is 0. The van der Waals surface area contributed by atoms with Gasteiger partial charge in [0.05, 0.1) is 0 Å². The van der Waals surface area contributed by atoms with Crippen LogP contribution in [0.4, 0.5) is 0 Å². The van der Waals surface area contributed by atoms with Crippen molar-refractivity contribution in [1.82, 2.24) is 0 Å². The minimum atomic E-state index is -0.921. The highest BCUT2D eigenvalue weighted by Gasteiger charge is 2.29. The number of aliphatic carboxylic acids is 4. The summed E-state index contributed by atoms with van der Waals surface area (Å²) < 4.78 is 0. The van der Waals surface area contributed by atoms with Gasteiger partial charge in [0.1, 0.15) is 0 Å². The molecule has 0 aromatic carbocycles. The largest absolute Gasteiger partial charge is 0.481 e. The summed E-state index contributed by atoms with van der Waals surface area (Å²) in [6.45, 7) is 0. The van der Waals surface area contributed by atoms with Crippen molar-refractivity contribution in [3.8, 4) is 0 Å². The van der Waals surface area contributed by atoms with Crippen LogP contribution in [0.25, 0.3) is 0 Å². The van der Waals surface area contributed by atoms with Gasteiger partial charge in [-0.25, -0.2) is 0 Å². The van der Waals surface area contributed by atoms with E-state index in [1.807, 2.05) is 0 Å². The van der Waals surface area contributed by atoms with Crippen molar-refractivity contribution in [1.29, 1.82) is 0 Å².